The molecule has 1 aromatic rings. The van der Waals surface area contributed by atoms with Crippen molar-refractivity contribution in [1.29, 1.82) is 0 Å². The number of aryl methyl sites for hydroxylation is 2. The number of amides is 1. The molecular formula is C16H23NO3. The Hall–Kier alpha value is -1.84. The Bertz CT molecular complexity index is 483. The van der Waals surface area contributed by atoms with Gasteiger partial charge in [0.15, 0.2) is 0 Å². The van der Waals surface area contributed by atoms with E-state index >= 15 is 0 Å². The van der Waals surface area contributed by atoms with Gasteiger partial charge in [-0.15, -0.1) is 0 Å². The number of benzene rings is 1. The maximum Gasteiger partial charge on any atom is 0.307 e. The standard InChI is InChI=1S/C16H23NO3/c1-5-17(9-8-16(19)20-4)15(18)11-14-7-6-12(2)13(3)10-14/h6-7,10H,5,8-9,11H2,1-4H3. The van der Waals surface area contributed by atoms with Crippen molar-refractivity contribution in [3.05, 3.63) is 34.9 Å². The van der Waals surface area contributed by atoms with E-state index in [2.05, 4.69) is 11.7 Å². The molecule has 0 aliphatic carbocycles. The SMILES string of the molecule is CCN(CCC(=O)OC)C(=O)Cc1ccc(C)c(C)c1. The van der Waals surface area contributed by atoms with Gasteiger partial charge >= 0.3 is 5.97 Å². The van der Waals surface area contributed by atoms with Crippen LogP contribution in [0.2, 0.25) is 0 Å². The Morgan fingerprint density at radius 2 is 1.90 bits per heavy atom. The summed E-state index contributed by atoms with van der Waals surface area (Å²) in [6, 6.07) is 6.05. The fraction of sp³-hybridized carbons (Fsp3) is 0.500. The zero-order valence-electron chi connectivity index (χ0n) is 12.7. The van der Waals surface area contributed by atoms with Crippen molar-refractivity contribution in [3.63, 3.8) is 0 Å². The number of carbonyl (C=O) groups excluding carboxylic acids is 2. The van der Waals surface area contributed by atoms with Gasteiger partial charge in [0.1, 0.15) is 0 Å². The fourth-order valence-corrected chi connectivity index (χ4v) is 1.99. The fourth-order valence-electron chi connectivity index (χ4n) is 1.99. The first kappa shape index (κ1) is 16.2. The number of hydrogen-bond acceptors (Lipinski definition) is 3. The van der Waals surface area contributed by atoms with Crippen LogP contribution in [0.5, 0.6) is 0 Å². The van der Waals surface area contributed by atoms with E-state index in [4.69, 9.17) is 0 Å². The van der Waals surface area contributed by atoms with Crippen LogP contribution in [-0.4, -0.2) is 37.0 Å². The minimum atomic E-state index is -0.289. The van der Waals surface area contributed by atoms with Gasteiger partial charge in [-0.25, -0.2) is 0 Å². The van der Waals surface area contributed by atoms with E-state index in [0.717, 1.165) is 5.56 Å². The minimum Gasteiger partial charge on any atom is -0.469 e. The lowest BCUT2D eigenvalue weighted by molar-refractivity contribution is -0.141. The maximum absolute atomic E-state index is 12.2. The van der Waals surface area contributed by atoms with Crippen molar-refractivity contribution in [2.45, 2.75) is 33.6 Å². The molecule has 0 radical (unpaired) electrons. The summed E-state index contributed by atoms with van der Waals surface area (Å²) in [5.74, 6) is -0.248. The largest absolute Gasteiger partial charge is 0.469 e. The summed E-state index contributed by atoms with van der Waals surface area (Å²) >= 11 is 0. The molecule has 0 fully saturated rings. The second-order valence-electron chi connectivity index (χ2n) is 4.89. The second kappa shape index (κ2) is 7.68. The third-order valence-corrected chi connectivity index (χ3v) is 3.47. The van der Waals surface area contributed by atoms with Crippen molar-refractivity contribution >= 4 is 11.9 Å². The molecule has 0 N–H and O–H groups in total. The Labute approximate surface area is 120 Å². The number of nitrogens with zero attached hydrogens (tertiary/aromatic N) is 1. The minimum absolute atomic E-state index is 0.0413. The molecule has 20 heavy (non-hydrogen) atoms. The third-order valence-electron chi connectivity index (χ3n) is 3.47. The molecule has 1 rings (SSSR count). The first-order valence-electron chi connectivity index (χ1n) is 6.88. The summed E-state index contributed by atoms with van der Waals surface area (Å²) < 4.78 is 4.60. The highest BCUT2D eigenvalue weighted by Gasteiger charge is 2.14. The van der Waals surface area contributed by atoms with Crippen LogP contribution >= 0.6 is 0 Å². The van der Waals surface area contributed by atoms with E-state index in [1.807, 2.05) is 32.0 Å². The average Bonchev–Trinajstić information content (AvgIpc) is 2.43. The smallest absolute Gasteiger partial charge is 0.307 e. The summed E-state index contributed by atoms with van der Waals surface area (Å²) in [5, 5.41) is 0. The molecule has 0 aliphatic rings. The van der Waals surface area contributed by atoms with Crippen LogP contribution in [0, 0.1) is 13.8 Å². The lowest BCUT2D eigenvalue weighted by atomic mass is 10.0. The van der Waals surface area contributed by atoms with E-state index in [0.29, 0.717) is 19.5 Å². The molecule has 0 bridgehead atoms. The zero-order chi connectivity index (χ0) is 15.1. The van der Waals surface area contributed by atoms with E-state index in [1.54, 1.807) is 4.90 Å². The van der Waals surface area contributed by atoms with Gasteiger partial charge in [0.05, 0.1) is 20.0 Å². The summed E-state index contributed by atoms with van der Waals surface area (Å²) in [4.78, 5) is 25.0. The molecule has 4 heteroatoms. The van der Waals surface area contributed by atoms with Gasteiger partial charge in [0.2, 0.25) is 5.91 Å². The van der Waals surface area contributed by atoms with Crippen LogP contribution in [-0.2, 0) is 20.7 Å². The van der Waals surface area contributed by atoms with Crippen molar-refractivity contribution in [1.82, 2.24) is 4.90 Å². The molecule has 0 saturated carbocycles. The van der Waals surface area contributed by atoms with Crippen LogP contribution in [0.25, 0.3) is 0 Å². The van der Waals surface area contributed by atoms with Crippen molar-refractivity contribution in [2.24, 2.45) is 0 Å². The second-order valence-corrected chi connectivity index (χ2v) is 4.89. The molecular weight excluding hydrogens is 254 g/mol. The van der Waals surface area contributed by atoms with Gasteiger partial charge < -0.3 is 9.64 Å². The highest BCUT2D eigenvalue weighted by molar-refractivity contribution is 5.79. The zero-order valence-corrected chi connectivity index (χ0v) is 12.7. The lowest BCUT2D eigenvalue weighted by Gasteiger charge is -2.20. The van der Waals surface area contributed by atoms with Gasteiger partial charge in [0.25, 0.3) is 0 Å². The molecule has 1 amide bonds. The summed E-state index contributed by atoms with van der Waals surface area (Å²) in [5.41, 5.74) is 3.42. The predicted octanol–water partition coefficient (Wildman–Crippen LogP) is 2.26. The third kappa shape index (κ3) is 4.68. The van der Waals surface area contributed by atoms with Gasteiger partial charge in [0, 0.05) is 13.1 Å². The number of ether oxygens (including phenoxy) is 1. The van der Waals surface area contributed by atoms with Crippen molar-refractivity contribution in [3.8, 4) is 0 Å². The molecule has 1 aromatic carbocycles. The summed E-state index contributed by atoms with van der Waals surface area (Å²) in [7, 11) is 1.36. The Morgan fingerprint density at radius 1 is 1.20 bits per heavy atom. The molecule has 0 spiro atoms. The summed E-state index contributed by atoms with van der Waals surface area (Å²) in [6.45, 7) is 7.01. The van der Waals surface area contributed by atoms with E-state index < -0.39 is 0 Å². The monoisotopic (exact) mass is 277 g/mol. The quantitative estimate of drug-likeness (QED) is 0.749. The number of methoxy groups -OCH3 is 1. The molecule has 0 unspecified atom stereocenters. The number of rotatable bonds is 6. The molecule has 0 atom stereocenters. The number of esters is 1. The highest BCUT2D eigenvalue weighted by atomic mass is 16.5. The molecule has 0 aliphatic heterocycles. The summed E-state index contributed by atoms with van der Waals surface area (Å²) in [6.07, 6.45) is 0.610. The van der Waals surface area contributed by atoms with Crippen LogP contribution in [0.1, 0.15) is 30.0 Å². The van der Waals surface area contributed by atoms with E-state index in [1.165, 1.54) is 18.2 Å². The first-order chi connectivity index (χ1) is 9.47. The van der Waals surface area contributed by atoms with Gasteiger partial charge in [-0.2, -0.15) is 0 Å². The number of carbonyl (C=O) groups is 2. The molecule has 4 nitrogen and oxygen atoms in total. The Kier molecular flexibility index (Phi) is 6.22. The number of hydrogen-bond donors (Lipinski definition) is 0. The van der Waals surface area contributed by atoms with Gasteiger partial charge in [-0.1, -0.05) is 18.2 Å². The Morgan fingerprint density at radius 3 is 2.45 bits per heavy atom. The van der Waals surface area contributed by atoms with E-state index in [-0.39, 0.29) is 18.3 Å². The highest BCUT2D eigenvalue weighted by Crippen LogP contribution is 2.11. The average molecular weight is 277 g/mol. The number of likely N-dealkylation sites (N-methyl/N-ethyl adjacent to an activating group) is 1. The predicted molar refractivity (Wildman–Crippen MR) is 78.5 cm³/mol. The van der Waals surface area contributed by atoms with Crippen LogP contribution in [0.3, 0.4) is 0 Å². The van der Waals surface area contributed by atoms with Crippen molar-refractivity contribution < 1.29 is 14.3 Å². The topological polar surface area (TPSA) is 46.6 Å². The Balaban J connectivity index is 2.62. The molecule has 0 heterocycles. The normalized spacial score (nSPS) is 10.2. The molecule has 0 aromatic heterocycles. The molecule has 110 valence electrons. The lowest BCUT2D eigenvalue weighted by Crippen LogP contribution is -2.34. The maximum atomic E-state index is 12.2. The van der Waals surface area contributed by atoms with Crippen LogP contribution < -0.4 is 0 Å². The molecule has 0 saturated heterocycles. The van der Waals surface area contributed by atoms with Crippen LogP contribution in [0.4, 0.5) is 0 Å². The van der Waals surface area contributed by atoms with Crippen molar-refractivity contribution in [2.75, 3.05) is 20.2 Å². The van der Waals surface area contributed by atoms with E-state index in [9.17, 15) is 9.59 Å². The van der Waals surface area contributed by atoms with Gasteiger partial charge in [-0.05, 0) is 37.5 Å². The first-order valence-corrected chi connectivity index (χ1v) is 6.88. The van der Waals surface area contributed by atoms with Crippen LogP contribution in [0.15, 0.2) is 18.2 Å². The van der Waals surface area contributed by atoms with Gasteiger partial charge in [-0.3, -0.25) is 9.59 Å².